The van der Waals surface area contributed by atoms with Crippen LogP contribution in [0.2, 0.25) is 0 Å². The van der Waals surface area contributed by atoms with Crippen LogP contribution in [-0.4, -0.2) is 17.8 Å². The summed E-state index contributed by atoms with van der Waals surface area (Å²) in [7, 11) is -3.54. The molecule has 2 heterocycles. The number of fused-ring (bicyclic) bond motifs is 1. The van der Waals surface area contributed by atoms with Crippen LogP contribution in [0.25, 0.3) is 5.65 Å². The number of benzene rings is 1. The number of aromatic nitrogens is 2. The van der Waals surface area contributed by atoms with Crippen molar-refractivity contribution >= 4 is 31.6 Å². The fourth-order valence-corrected chi connectivity index (χ4v) is 3.61. The number of aryl methyl sites for hydroxylation is 1. The Morgan fingerprint density at radius 3 is 2.57 bits per heavy atom. The quantitative estimate of drug-likeness (QED) is 0.723. The summed E-state index contributed by atoms with van der Waals surface area (Å²) in [5.74, 6) is 0. The molecule has 7 heteroatoms. The van der Waals surface area contributed by atoms with Gasteiger partial charge in [-0.25, -0.2) is 18.1 Å². The third-order valence-electron chi connectivity index (χ3n) is 3.55. The van der Waals surface area contributed by atoms with E-state index in [9.17, 15) is 8.42 Å². The maximum Gasteiger partial charge on any atom is 0.240 e. The summed E-state index contributed by atoms with van der Waals surface area (Å²) in [5.41, 5.74) is 2.54. The zero-order chi connectivity index (χ0) is 16.4. The molecule has 0 radical (unpaired) electrons. The van der Waals surface area contributed by atoms with Gasteiger partial charge in [0.25, 0.3) is 0 Å². The van der Waals surface area contributed by atoms with Crippen molar-refractivity contribution in [2.75, 3.05) is 0 Å². The smallest absolute Gasteiger partial charge is 0.240 e. The molecule has 1 aromatic carbocycles. The van der Waals surface area contributed by atoms with Crippen molar-refractivity contribution in [3.63, 3.8) is 0 Å². The molecule has 0 unspecified atom stereocenters. The van der Waals surface area contributed by atoms with E-state index in [0.29, 0.717) is 5.69 Å². The molecule has 2 aromatic heterocycles. The number of nitrogens with zero attached hydrogens (tertiary/aromatic N) is 2. The van der Waals surface area contributed by atoms with Gasteiger partial charge >= 0.3 is 0 Å². The largest absolute Gasteiger partial charge is 0.306 e. The van der Waals surface area contributed by atoms with Crippen molar-refractivity contribution in [1.82, 2.24) is 14.1 Å². The van der Waals surface area contributed by atoms with Gasteiger partial charge in [0.15, 0.2) is 0 Å². The Bertz CT molecular complexity index is 934. The lowest BCUT2D eigenvalue weighted by Gasteiger charge is -2.06. The molecule has 0 aliphatic heterocycles. The predicted octanol–water partition coefficient (Wildman–Crippen LogP) is 3.14. The van der Waals surface area contributed by atoms with Gasteiger partial charge in [0.2, 0.25) is 10.0 Å². The molecule has 3 rings (SSSR count). The Morgan fingerprint density at radius 1 is 1.13 bits per heavy atom. The van der Waals surface area contributed by atoms with Gasteiger partial charge in [0.05, 0.1) is 17.1 Å². The van der Waals surface area contributed by atoms with Crippen molar-refractivity contribution in [2.45, 2.75) is 24.8 Å². The van der Waals surface area contributed by atoms with Gasteiger partial charge in [0, 0.05) is 16.9 Å². The zero-order valence-corrected chi connectivity index (χ0v) is 14.9. The second-order valence-electron chi connectivity index (χ2n) is 5.17. The van der Waals surface area contributed by atoms with Gasteiger partial charge in [-0.2, -0.15) is 0 Å². The molecule has 0 saturated carbocycles. The maximum absolute atomic E-state index is 12.3. The highest BCUT2D eigenvalue weighted by atomic mass is 79.9. The Hall–Kier alpha value is -1.70. The van der Waals surface area contributed by atoms with Crippen LogP contribution in [-0.2, 0) is 23.0 Å². The molecule has 1 N–H and O–H groups in total. The lowest BCUT2D eigenvalue weighted by molar-refractivity contribution is 0.580. The average Bonchev–Trinajstić information content (AvgIpc) is 2.95. The Balaban J connectivity index is 1.77. The molecular formula is C16H16BrN3O2S. The number of sulfonamides is 1. The third kappa shape index (κ3) is 3.63. The van der Waals surface area contributed by atoms with Crippen molar-refractivity contribution in [2.24, 2.45) is 0 Å². The number of rotatable bonds is 5. The maximum atomic E-state index is 12.3. The van der Waals surface area contributed by atoms with Crippen molar-refractivity contribution < 1.29 is 8.42 Å². The van der Waals surface area contributed by atoms with Crippen molar-refractivity contribution in [3.05, 3.63) is 64.5 Å². The zero-order valence-electron chi connectivity index (χ0n) is 12.5. The third-order valence-corrected chi connectivity index (χ3v) is 5.44. The first-order chi connectivity index (χ1) is 11.0. The minimum absolute atomic E-state index is 0.150. The molecule has 120 valence electrons. The molecule has 0 spiro atoms. The molecule has 0 atom stereocenters. The van der Waals surface area contributed by atoms with Crippen LogP contribution in [0.5, 0.6) is 0 Å². The van der Waals surface area contributed by atoms with E-state index in [4.69, 9.17) is 0 Å². The van der Waals surface area contributed by atoms with Crippen LogP contribution < -0.4 is 4.72 Å². The van der Waals surface area contributed by atoms with E-state index < -0.39 is 10.0 Å². The first-order valence-corrected chi connectivity index (χ1v) is 9.47. The Morgan fingerprint density at radius 2 is 1.87 bits per heavy atom. The van der Waals surface area contributed by atoms with Gasteiger partial charge in [-0.05, 0) is 52.2 Å². The van der Waals surface area contributed by atoms with Crippen LogP contribution in [0.3, 0.4) is 0 Å². The molecule has 0 amide bonds. The van der Waals surface area contributed by atoms with Gasteiger partial charge in [-0.15, -0.1) is 0 Å². The summed E-state index contributed by atoms with van der Waals surface area (Å²) in [6.45, 7) is 2.18. The van der Waals surface area contributed by atoms with Gasteiger partial charge in [0.1, 0.15) is 5.65 Å². The van der Waals surface area contributed by atoms with Crippen LogP contribution in [0.1, 0.15) is 18.2 Å². The van der Waals surface area contributed by atoms with E-state index in [-0.39, 0.29) is 11.4 Å². The topological polar surface area (TPSA) is 63.5 Å². The number of hydrogen-bond acceptors (Lipinski definition) is 3. The minimum Gasteiger partial charge on any atom is -0.306 e. The molecule has 0 aliphatic carbocycles. The second-order valence-corrected chi connectivity index (χ2v) is 7.85. The molecular weight excluding hydrogens is 378 g/mol. The molecule has 5 nitrogen and oxygen atoms in total. The SMILES string of the molecule is CCc1ccc(S(=O)(=O)NCc2cn3cc(Br)ccc3n2)cc1. The number of nitrogens with one attached hydrogen (secondary N) is 1. The normalized spacial score (nSPS) is 11.9. The molecule has 3 aromatic rings. The first kappa shape index (κ1) is 16.2. The summed E-state index contributed by atoms with van der Waals surface area (Å²) in [4.78, 5) is 4.66. The Kier molecular flexibility index (Phi) is 4.52. The summed E-state index contributed by atoms with van der Waals surface area (Å²) in [5, 5.41) is 0. The number of pyridine rings is 1. The fourth-order valence-electron chi connectivity index (χ4n) is 2.26. The second kappa shape index (κ2) is 6.43. The minimum atomic E-state index is -3.54. The van der Waals surface area contributed by atoms with Crippen LogP contribution in [0.4, 0.5) is 0 Å². The van der Waals surface area contributed by atoms with E-state index in [1.54, 1.807) is 12.1 Å². The van der Waals surface area contributed by atoms with E-state index in [0.717, 1.165) is 22.1 Å². The first-order valence-electron chi connectivity index (χ1n) is 7.19. The lowest BCUT2D eigenvalue weighted by atomic mass is 10.2. The standard InChI is InChI=1S/C16H16BrN3O2S/c1-2-12-3-6-15(7-4-12)23(21,22)18-9-14-11-20-10-13(17)5-8-16(20)19-14/h3-8,10-11,18H,2,9H2,1H3. The lowest BCUT2D eigenvalue weighted by Crippen LogP contribution is -2.23. The highest BCUT2D eigenvalue weighted by Gasteiger charge is 2.14. The van der Waals surface area contributed by atoms with Crippen LogP contribution in [0.15, 0.2) is 58.2 Å². The van der Waals surface area contributed by atoms with Crippen molar-refractivity contribution in [3.8, 4) is 0 Å². The highest BCUT2D eigenvalue weighted by molar-refractivity contribution is 9.10. The van der Waals surface area contributed by atoms with Gasteiger partial charge in [-0.3, -0.25) is 0 Å². The van der Waals surface area contributed by atoms with Crippen LogP contribution >= 0.6 is 15.9 Å². The highest BCUT2D eigenvalue weighted by Crippen LogP contribution is 2.14. The Labute approximate surface area is 143 Å². The summed E-state index contributed by atoms with van der Waals surface area (Å²) in [6.07, 6.45) is 4.57. The molecule has 0 saturated heterocycles. The summed E-state index contributed by atoms with van der Waals surface area (Å²) in [6, 6.07) is 10.7. The van der Waals surface area contributed by atoms with E-state index in [1.807, 2.05) is 48.0 Å². The number of halogens is 1. The van der Waals surface area contributed by atoms with Gasteiger partial charge < -0.3 is 4.40 Å². The summed E-state index contributed by atoms with van der Waals surface area (Å²) < 4.78 is 30.0. The van der Waals surface area contributed by atoms with E-state index in [1.165, 1.54) is 0 Å². The van der Waals surface area contributed by atoms with Gasteiger partial charge in [-0.1, -0.05) is 19.1 Å². The van der Waals surface area contributed by atoms with Crippen LogP contribution in [0, 0.1) is 0 Å². The van der Waals surface area contributed by atoms with E-state index in [2.05, 4.69) is 25.6 Å². The monoisotopic (exact) mass is 393 g/mol. The number of imidazole rings is 1. The van der Waals surface area contributed by atoms with Crippen molar-refractivity contribution in [1.29, 1.82) is 0 Å². The molecule has 23 heavy (non-hydrogen) atoms. The average molecular weight is 394 g/mol. The molecule has 0 aliphatic rings. The number of hydrogen-bond donors (Lipinski definition) is 1. The summed E-state index contributed by atoms with van der Waals surface area (Å²) >= 11 is 3.39. The molecule has 0 fully saturated rings. The van der Waals surface area contributed by atoms with E-state index >= 15 is 0 Å². The molecule has 0 bridgehead atoms. The predicted molar refractivity (Wildman–Crippen MR) is 92.7 cm³/mol. The fraction of sp³-hybridized carbons (Fsp3) is 0.188.